The number of hydrogen-bond donors (Lipinski definition) is 1. The summed E-state index contributed by atoms with van der Waals surface area (Å²) in [6, 6.07) is 8.95. The molecule has 20 heavy (non-hydrogen) atoms. The molecule has 108 valence electrons. The quantitative estimate of drug-likeness (QED) is 0.915. The standard InChI is InChI=1S/C17H25N3/c1-3-20(17-7-5-4-6-15(17)12-19)16-9-8-14(11-18)13(2)10-16/h8-10,15,17H,3-7,12,19H2,1-2H3. The molecular weight excluding hydrogens is 246 g/mol. The number of nitriles is 1. The van der Waals surface area contributed by atoms with E-state index in [1.807, 2.05) is 13.0 Å². The van der Waals surface area contributed by atoms with E-state index in [2.05, 4.69) is 30.0 Å². The van der Waals surface area contributed by atoms with Crippen molar-refractivity contribution in [1.82, 2.24) is 0 Å². The molecule has 0 aromatic heterocycles. The Labute approximate surface area is 122 Å². The maximum Gasteiger partial charge on any atom is 0.0994 e. The molecular formula is C17H25N3. The summed E-state index contributed by atoms with van der Waals surface area (Å²) in [4.78, 5) is 2.48. The van der Waals surface area contributed by atoms with E-state index in [0.717, 1.165) is 24.2 Å². The molecule has 1 aromatic carbocycles. The van der Waals surface area contributed by atoms with E-state index in [1.54, 1.807) is 0 Å². The van der Waals surface area contributed by atoms with Gasteiger partial charge in [-0.3, -0.25) is 0 Å². The molecule has 1 fully saturated rings. The van der Waals surface area contributed by atoms with Crippen LogP contribution in [0, 0.1) is 24.2 Å². The second kappa shape index (κ2) is 6.76. The fraction of sp³-hybridized carbons (Fsp3) is 0.588. The average molecular weight is 271 g/mol. The van der Waals surface area contributed by atoms with Crippen LogP contribution in [-0.2, 0) is 0 Å². The van der Waals surface area contributed by atoms with Gasteiger partial charge in [0, 0.05) is 18.3 Å². The van der Waals surface area contributed by atoms with Crippen LogP contribution in [0.25, 0.3) is 0 Å². The Bertz CT molecular complexity index is 489. The molecule has 2 N–H and O–H groups in total. The first kappa shape index (κ1) is 14.9. The first-order valence-electron chi connectivity index (χ1n) is 7.68. The van der Waals surface area contributed by atoms with Crippen LogP contribution in [0.3, 0.4) is 0 Å². The lowest BCUT2D eigenvalue weighted by Gasteiger charge is -2.40. The third kappa shape index (κ3) is 2.96. The van der Waals surface area contributed by atoms with Crippen molar-refractivity contribution in [3.63, 3.8) is 0 Å². The summed E-state index contributed by atoms with van der Waals surface area (Å²) in [7, 11) is 0. The lowest BCUT2D eigenvalue weighted by molar-refractivity contribution is 0.300. The Hall–Kier alpha value is -1.53. The van der Waals surface area contributed by atoms with Gasteiger partial charge in [0.2, 0.25) is 0 Å². The van der Waals surface area contributed by atoms with Gasteiger partial charge >= 0.3 is 0 Å². The largest absolute Gasteiger partial charge is 0.368 e. The number of nitrogens with two attached hydrogens (primary N) is 1. The average Bonchev–Trinajstić information content (AvgIpc) is 2.49. The van der Waals surface area contributed by atoms with Gasteiger partial charge in [0.05, 0.1) is 11.6 Å². The highest BCUT2D eigenvalue weighted by molar-refractivity contribution is 5.54. The van der Waals surface area contributed by atoms with Crippen molar-refractivity contribution in [2.45, 2.75) is 45.6 Å². The summed E-state index contributed by atoms with van der Waals surface area (Å²) in [6.07, 6.45) is 5.08. The lowest BCUT2D eigenvalue weighted by atomic mass is 9.83. The molecule has 0 aliphatic heterocycles. The Morgan fingerprint density at radius 2 is 2.10 bits per heavy atom. The minimum Gasteiger partial charge on any atom is -0.368 e. The molecule has 1 aliphatic rings. The van der Waals surface area contributed by atoms with Gasteiger partial charge in [0.15, 0.2) is 0 Å². The van der Waals surface area contributed by atoms with Gasteiger partial charge in [0.1, 0.15) is 0 Å². The molecule has 2 rings (SSSR count). The van der Waals surface area contributed by atoms with E-state index in [9.17, 15) is 0 Å². The topological polar surface area (TPSA) is 53.0 Å². The van der Waals surface area contributed by atoms with Crippen LogP contribution in [0.5, 0.6) is 0 Å². The molecule has 0 amide bonds. The summed E-state index contributed by atoms with van der Waals surface area (Å²) in [5.41, 5.74) is 9.03. The van der Waals surface area contributed by atoms with Crippen molar-refractivity contribution in [3.8, 4) is 6.07 Å². The summed E-state index contributed by atoms with van der Waals surface area (Å²) in [6.45, 7) is 5.98. The zero-order valence-electron chi connectivity index (χ0n) is 12.6. The van der Waals surface area contributed by atoms with E-state index in [-0.39, 0.29) is 0 Å². The molecule has 3 nitrogen and oxygen atoms in total. The molecule has 1 aliphatic carbocycles. The maximum absolute atomic E-state index is 9.05. The second-order valence-corrected chi connectivity index (χ2v) is 5.74. The Kier molecular flexibility index (Phi) is 5.03. The molecule has 1 aromatic rings. The van der Waals surface area contributed by atoms with Crippen LogP contribution in [0.4, 0.5) is 5.69 Å². The van der Waals surface area contributed by atoms with Crippen molar-refractivity contribution < 1.29 is 0 Å². The molecule has 0 spiro atoms. The fourth-order valence-corrected chi connectivity index (χ4v) is 3.43. The molecule has 3 heteroatoms. The smallest absolute Gasteiger partial charge is 0.0994 e. The van der Waals surface area contributed by atoms with E-state index < -0.39 is 0 Å². The third-order valence-corrected chi connectivity index (χ3v) is 4.57. The van der Waals surface area contributed by atoms with Gasteiger partial charge in [-0.05, 0) is 62.9 Å². The normalized spacial score (nSPS) is 22.3. The van der Waals surface area contributed by atoms with Crippen LogP contribution in [-0.4, -0.2) is 19.1 Å². The van der Waals surface area contributed by atoms with Gasteiger partial charge in [-0.25, -0.2) is 0 Å². The van der Waals surface area contributed by atoms with Crippen molar-refractivity contribution in [3.05, 3.63) is 29.3 Å². The number of rotatable bonds is 4. The minimum absolute atomic E-state index is 0.547. The van der Waals surface area contributed by atoms with Crippen molar-refractivity contribution in [2.24, 2.45) is 11.7 Å². The monoisotopic (exact) mass is 271 g/mol. The number of nitrogens with zero attached hydrogens (tertiary/aromatic N) is 2. The maximum atomic E-state index is 9.05. The van der Waals surface area contributed by atoms with Gasteiger partial charge < -0.3 is 10.6 Å². The predicted octanol–water partition coefficient (Wildman–Crippen LogP) is 3.21. The molecule has 2 atom stereocenters. The van der Waals surface area contributed by atoms with Crippen LogP contribution >= 0.6 is 0 Å². The Morgan fingerprint density at radius 3 is 2.70 bits per heavy atom. The summed E-state index contributed by atoms with van der Waals surface area (Å²) in [5.74, 6) is 0.597. The molecule has 1 saturated carbocycles. The summed E-state index contributed by atoms with van der Waals surface area (Å²) >= 11 is 0. The summed E-state index contributed by atoms with van der Waals surface area (Å²) < 4.78 is 0. The highest BCUT2D eigenvalue weighted by Crippen LogP contribution is 2.31. The molecule has 0 radical (unpaired) electrons. The molecule has 0 bridgehead atoms. The summed E-state index contributed by atoms with van der Waals surface area (Å²) in [5, 5.41) is 9.05. The fourth-order valence-electron chi connectivity index (χ4n) is 3.43. The zero-order valence-corrected chi connectivity index (χ0v) is 12.6. The van der Waals surface area contributed by atoms with Crippen molar-refractivity contribution in [1.29, 1.82) is 5.26 Å². The molecule has 2 unspecified atom stereocenters. The second-order valence-electron chi connectivity index (χ2n) is 5.74. The van der Waals surface area contributed by atoms with E-state index in [1.165, 1.54) is 31.4 Å². The number of hydrogen-bond acceptors (Lipinski definition) is 3. The highest BCUT2D eigenvalue weighted by Gasteiger charge is 2.28. The van der Waals surface area contributed by atoms with Gasteiger partial charge in [0.25, 0.3) is 0 Å². The predicted molar refractivity (Wildman–Crippen MR) is 83.7 cm³/mol. The van der Waals surface area contributed by atoms with Crippen LogP contribution in [0.15, 0.2) is 18.2 Å². The minimum atomic E-state index is 0.547. The Morgan fingerprint density at radius 1 is 1.35 bits per heavy atom. The van der Waals surface area contributed by atoms with Crippen LogP contribution < -0.4 is 10.6 Å². The van der Waals surface area contributed by atoms with Crippen LogP contribution in [0.1, 0.15) is 43.7 Å². The SMILES string of the molecule is CCN(c1ccc(C#N)c(C)c1)C1CCCCC1CN. The zero-order chi connectivity index (χ0) is 14.5. The third-order valence-electron chi connectivity index (χ3n) is 4.57. The lowest BCUT2D eigenvalue weighted by Crippen LogP contribution is -2.45. The van der Waals surface area contributed by atoms with E-state index in [4.69, 9.17) is 11.0 Å². The van der Waals surface area contributed by atoms with Gasteiger partial charge in [-0.1, -0.05) is 12.8 Å². The van der Waals surface area contributed by atoms with Gasteiger partial charge in [-0.15, -0.1) is 0 Å². The van der Waals surface area contributed by atoms with Crippen molar-refractivity contribution >= 4 is 5.69 Å². The Balaban J connectivity index is 2.27. The highest BCUT2D eigenvalue weighted by atomic mass is 15.2. The van der Waals surface area contributed by atoms with Crippen LogP contribution in [0.2, 0.25) is 0 Å². The number of anilines is 1. The number of aryl methyl sites for hydroxylation is 1. The van der Waals surface area contributed by atoms with E-state index >= 15 is 0 Å². The van der Waals surface area contributed by atoms with Gasteiger partial charge in [-0.2, -0.15) is 5.26 Å². The first-order valence-corrected chi connectivity index (χ1v) is 7.68. The van der Waals surface area contributed by atoms with Crippen molar-refractivity contribution in [2.75, 3.05) is 18.0 Å². The first-order chi connectivity index (χ1) is 9.71. The van der Waals surface area contributed by atoms with E-state index in [0.29, 0.717) is 12.0 Å². The molecule has 0 heterocycles. The number of benzene rings is 1. The molecule has 0 saturated heterocycles.